The van der Waals surface area contributed by atoms with Crippen molar-refractivity contribution in [2.45, 2.75) is 11.5 Å². The summed E-state index contributed by atoms with van der Waals surface area (Å²) in [6.45, 7) is 0. The number of aromatic carboxylic acids is 1. The van der Waals surface area contributed by atoms with Gasteiger partial charge >= 0.3 is 5.97 Å². The van der Waals surface area contributed by atoms with Crippen molar-refractivity contribution in [3.8, 4) is 11.3 Å². The summed E-state index contributed by atoms with van der Waals surface area (Å²) in [5, 5.41) is 21.0. The third-order valence-corrected chi connectivity index (χ3v) is 8.96. The molecular formula is C41H30N4O6. The van der Waals surface area contributed by atoms with E-state index in [2.05, 4.69) is 9.97 Å². The number of furan rings is 1. The molecule has 2 N–H and O–H groups in total. The van der Waals surface area contributed by atoms with Gasteiger partial charge in [0.1, 0.15) is 5.76 Å². The number of carboxylic acids is 1. The molecule has 250 valence electrons. The lowest BCUT2D eigenvalue weighted by Crippen LogP contribution is -2.49. The second-order valence-electron chi connectivity index (χ2n) is 11.8. The van der Waals surface area contributed by atoms with Gasteiger partial charge in [-0.1, -0.05) is 91.0 Å². The van der Waals surface area contributed by atoms with E-state index < -0.39 is 28.3 Å². The number of benzene rings is 5. The number of carbonyl (C=O) groups is 2. The second-order valence-corrected chi connectivity index (χ2v) is 11.8. The second kappa shape index (κ2) is 13.8. The van der Waals surface area contributed by atoms with E-state index in [1.807, 2.05) is 91.0 Å². The van der Waals surface area contributed by atoms with E-state index in [1.165, 1.54) is 30.3 Å². The van der Waals surface area contributed by atoms with Crippen molar-refractivity contribution in [1.29, 1.82) is 0 Å². The van der Waals surface area contributed by atoms with Crippen LogP contribution in [0.15, 0.2) is 169 Å². The molecule has 0 saturated heterocycles. The molecule has 0 aliphatic carbocycles. The number of nitrogens with one attached hydrogen (secondary N) is 1. The normalized spacial score (nSPS) is 11.8. The van der Waals surface area contributed by atoms with E-state index in [9.17, 15) is 20.0 Å². The zero-order valence-electron chi connectivity index (χ0n) is 27.0. The van der Waals surface area contributed by atoms with Crippen molar-refractivity contribution in [3.05, 3.63) is 208 Å². The molecule has 0 spiro atoms. The molecule has 2 heterocycles. The fourth-order valence-electron chi connectivity index (χ4n) is 6.70. The number of carbonyl (C=O) groups excluding carboxylic acids is 1. The predicted molar refractivity (Wildman–Crippen MR) is 192 cm³/mol. The Morgan fingerprint density at radius 1 is 0.745 bits per heavy atom. The van der Waals surface area contributed by atoms with Gasteiger partial charge < -0.3 is 14.5 Å². The van der Waals surface area contributed by atoms with Crippen molar-refractivity contribution < 1.29 is 24.0 Å². The number of nitro groups is 1. The Kier molecular flexibility index (Phi) is 8.79. The van der Waals surface area contributed by atoms with Gasteiger partial charge in [0, 0.05) is 28.9 Å². The molecule has 7 rings (SSSR count). The Morgan fingerprint density at radius 3 is 1.75 bits per heavy atom. The average molecular weight is 675 g/mol. The van der Waals surface area contributed by atoms with Crippen LogP contribution in [0.4, 0.5) is 11.4 Å². The summed E-state index contributed by atoms with van der Waals surface area (Å²) < 4.78 is 5.56. The van der Waals surface area contributed by atoms with Gasteiger partial charge in [-0.25, -0.2) is 9.78 Å². The number of aromatic nitrogens is 2. The van der Waals surface area contributed by atoms with Crippen LogP contribution in [0, 0.1) is 10.1 Å². The van der Waals surface area contributed by atoms with Crippen molar-refractivity contribution in [3.63, 3.8) is 0 Å². The lowest BCUT2D eigenvalue weighted by atomic mass is 9.63. The highest BCUT2D eigenvalue weighted by molar-refractivity contribution is 6.07. The van der Waals surface area contributed by atoms with Gasteiger partial charge in [0.25, 0.3) is 11.6 Å². The highest BCUT2D eigenvalue weighted by Gasteiger charge is 2.50. The van der Waals surface area contributed by atoms with Crippen LogP contribution in [0.2, 0.25) is 0 Å². The van der Waals surface area contributed by atoms with Crippen LogP contribution in [0.5, 0.6) is 0 Å². The molecule has 0 aliphatic rings. The van der Waals surface area contributed by atoms with Crippen LogP contribution in [-0.2, 0) is 5.41 Å². The fraction of sp³-hybridized carbons (Fsp3) is 0.0488. The van der Waals surface area contributed by atoms with Crippen molar-refractivity contribution in [2.75, 3.05) is 4.90 Å². The Labute approximate surface area is 292 Å². The van der Waals surface area contributed by atoms with Crippen LogP contribution in [0.3, 0.4) is 0 Å². The zero-order valence-corrected chi connectivity index (χ0v) is 27.0. The van der Waals surface area contributed by atoms with Gasteiger partial charge in [-0.2, -0.15) is 0 Å². The fourth-order valence-corrected chi connectivity index (χ4v) is 6.70. The smallest absolute Gasteiger partial charge is 0.371 e. The number of hydrogen-bond acceptors (Lipinski definition) is 6. The maximum Gasteiger partial charge on any atom is 0.371 e. The Balaban J connectivity index is 1.53. The summed E-state index contributed by atoms with van der Waals surface area (Å²) in [6.07, 6.45) is 3.28. The maximum atomic E-state index is 15.2. The molecule has 0 bridgehead atoms. The van der Waals surface area contributed by atoms with Gasteiger partial charge in [0.15, 0.2) is 0 Å². The minimum absolute atomic E-state index is 0.140. The molecule has 2 aromatic heterocycles. The number of carboxylic acid groups (broad SMARTS) is 1. The summed E-state index contributed by atoms with van der Waals surface area (Å²) in [5.41, 5.74) is 3.47. The van der Waals surface area contributed by atoms with Gasteiger partial charge in [0.05, 0.1) is 34.6 Å². The quantitative estimate of drug-likeness (QED) is 0.0794. The first-order valence-corrected chi connectivity index (χ1v) is 16.0. The number of hydrogen-bond donors (Lipinski definition) is 2. The van der Waals surface area contributed by atoms with Crippen LogP contribution < -0.4 is 4.90 Å². The Bertz CT molecular complexity index is 2170. The monoisotopic (exact) mass is 674 g/mol. The van der Waals surface area contributed by atoms with Crippen LogP contribution in [0.1, 0.15) is 49.3 Å². The number of amides is 1. The van der Waals surface area contributed by atoms with E-state index in [1.54, 1.807) is 47.8 Å². The number of rotatable bonds is 11. The van der Waals surface area contributed by atoms with E-state index in [0.29, 0.717) is 22.7 Å². The standard InChI is InChI=1S/C41H30N4O6/c46-39(29-18-22-34(23-19-29)45(49)50)44(33-20-16-28(17-21-33)36-24-25-37(51-36)40(47)48)38(35-26-42-27-43-35)41(30-10-4-1-5-11-30,31-12-6-2-7-13-31)32-14-8-3-9-15-32/h1-27,38H,(H,42,43)(H,47,48). The number of imidazole rings is 1. The van der Waals surface area contributed by atoms with Crippen LogP contribution in [-0.4, -0.2) is 31.9 Å². The number of nitro benzene ring substituents is 1. The number of anilines is 1. The number of non-ortho nitro benzene ring substituents is 1. The molecule has 7 aromatic rings. The van der Waals surface area contributed by atoms with E-state index in [0.717, 1.165) is 16.7 Å². The molecule has 1 atom stereocenters. The molecule has 0 saturated carbocycles. The van der Waals surface area contributed by atoms with Crippen molar-refractivity contribution in [1.82, 2.24) is 9.97 Å². The predicted octanol–water partition coefficient (Wildman–Crippen LogP) is 8.70. The molecule has 5 aromatic carbocycles. The van der Waals surface area contributed by atoms with Gasteiger partial charge in [-0.3, -0.25) is 19.8 Å². The lowest BCUT2D eigenvalue weighted by Gasteiger charge is -2.47. The van der Waals surface area contributed by atoms with Gasteiger partial charge in [-0.05, 0) is 65.2 Å². The summed E-state index contributed by atoms with van der Waals surface area (Å²) in [4.78, 5) is 47.2. The van der Waals surface area contributed by atoms with E-state index >= 15 is 4.79 Å². The molecule has 1 amide bonds. The molecule has 0 aliphatic heterocycles. The minimum Gasteiger partial charge on any atom is -0.475 e. The first-order chi connectivity index (χ1) is 24.9. The van der Waals surface area contributed by atoms with E-state index in [4.69, 9.17) is 4.42 Å². The number of aromatic amines is 1. The highest BCUT2D eigenvalue weighted by Crippen LogP contribution is 2.52. The van der Waals surface area contributed by atoms with Crippen molar-refractivity contribution >= 4 is 23.3 Å². The average Bonchev–Trinajstić information content (AvgIpc) is 3.90. The van der Waals surface area contributed by atoms with Gasteiger partial charge in [0.2, 0.25) is 5.76 Å². The molecule has 0 fully saturated rings. The number of nitrogens with zero attached hydrogens (tertiary/aromatic N) is 3. The number of H-pyrrole nitrogens is 1. The minimum atomic E-state index is -1.18. The topological polar surface area (TPSA) is 143 Å². The Morgan fingerprint density at radius 2 is 1.29 bits per heavy atom. The lowest BCUT2D eigenvalue weighted by molar-refractivity contribution is -0.384. The summed E-state index contributed by atoms with van der Waals surface area (Å²) in [6, 6.07) is 44.6. The summed E-state index contributed by atoms with van der Waals surface area (Å²) in [7, 11) is 0. The first kappa shape index (κ1) is 32.5. The van der Waals surface area contributed by atoms with E-state index in [-0.39, 0.29) is 17.0 Å². The first-order valence-electron chi connectivity index (χ1n) is 16.0. The van der Waals surface area contributed by atoms with Gasteiger partial charge in [-0.15, -0.1) is 0 Å². The van der Waals surface area contributed by atoms with Crippen molar-refractivity contribution in [2.24, 2.45) is 0 Å². The highest BCUT2D eigenvalue weighted by atomic mass is 16.6. The Hall–Kier alpha value is -7.07. The molecule has 1 unspecified atom stereocenters. The molecule has 10 heteroatoms. The third-order valence-electron chi connectivity index (χ3n) is 8.96. The molecular weight excluding hydrogens is 644 g/mol. The summed E-state index contributed by atoms with van der Waals surface area (Å²) in [5.74, 6) is -1.44. The molecule has 10 nitrogen and oxygen atoms in total. The third kappa shape index (κ3) is 6.06. The molecule has 0 radical (unpaired) electrons. The van der Waals surface area contributed by atoms with Crippen LogP contribution >= 0.6 is 0 Å². The summed E-state index contributed by atoms with van der Waals surface area (Å²) >= 11 is 0. The van der Waals surface area contributed by atoms with Crippen LogP contribution in [0.25, 0.3) is 11.3 Å². The zero-order chi connectivity index (χ0) is 35.4. The molecule has 51 heavy (non-hydrogen) atoms. The SMILES string of the molecule is O=C(O)c1ccc(-c2ccc(N(C(=O)c3ccc([N+](=O)[O-])cc3)C(c3cnc[nH]3)C(c3ccccc3)(c3ccccc3)c3ccccc3)cc2)o1. The maximum absolute atomic E-state index is 15.2. The largest absolute Gasteiger partial charge is 0.475 e.